The third kappa shape index (κ3) is 4.15. The molecule has 30 heavy (non-hydrogen) atoms. The highest BCUT2D eigenvalue weighted by molar-refractivity contribution is 7.93. The van der Waals surface area contributed by atoms with E-state index < -0.39 is 43.1 Å². The highest BCUT2D eigenvalue weighted by Crippen LogP contribution is 2.33. The van der Waals surface area contributed by atoms with E-state index in [2.05, 4.69) is 4.98 Å². The molecule has 0 aliphatic heterocycles. The Morgan fingerprint density at radius 2 is 1.70 bits per heavy atom. The molecule has 1 aromatic heterocycles. The number of halogens is 4. The van der Waals surface area contributed by atoms with Crippen molar-refractivity contribution in [3.63, 3.8) is 0 Å². The minimum absolute atomic E-state index is 0.258. The largest absolute Gasteiger partial charge is 0.270 e. The number of hydrogen-bond donors (Lipinski definition) is 0. The molecule has 0 atom stereocenters. The zero-order valence-electron chi connectivity index (χ0n) is 16.4. The van der Waals surface area contributed by atoms with E-state index in [-0.39, 0.29) is 12.4 Å². The summed E-state index contributed by atoms with van der Waals surface area (Å²) in [5.41, 5.74) is 2.00. The summed E-state index contributed by atoms with van der Waals surface area (Å²) in [6.07, 6.45) is 0. The van der Waals surface area contributed by atoms with E-state index in [9.17, 15) is 21.6 Å². The first-order valence-electron chi connectivity index (χ1n) is 8.88. The summed E-state index contributed by atoms with van der Waals surface area (Å²) in [6.45, 7) is 4.61. The lowest BCUT2D eigenvalue weighted by Gasteiger charge is -2.25. The zero-order valence-corrected chi connectivity index (χ0v) is 18.0. The van der Waals surface area contributed by atoms with Gasteiger partial charge in [0, 0.05) is 5.56 Å². The first kappa shape index (κ1) is 22.1. The Labute approximate surface area is 178 Å². The zero-order chi connectivity index (χ0) is 22.2. The molecular formula is C21H18ClF3N2O2S. The maximum absolute atomic E-state index is 14.8. The topological polar surface area (TPSA) is 50.3 Å². The first-order valence-corrected chi connectivity index (χ1v) is 10.7. The molecule has 4 nitrogen and oxygen atoms in total. The van der Waals surface area contributed by atoms with Crippen LogP contribution in [0.2, 0.25) is 5.02 Å². The molecule has 0 radical (unpaired) electrons. The standard InChI is InChI=1S/C21H18ClF3N2O2S/c1-12-7-8-15(9-13(12)2)11-27(19-6-4-5-18(24)26-19)30(28,29)21-16(22)10-17(23)14(3)20(21)25/h4-10H,11H2,1-3H3. The molecular weight excluding hydrogens is 437 g/mol. The molecule has 0 N–H and O–H groups in total. The Morgan fingerprint density at radius 1 is 1.00 bits per heavy atom. The van der Waals surface area contributed by atoms with Gasteiger partial charge in [0.1, 0.15) is 16.5 Å². The van der Waals surface area contributed by atoms with Crippen molar-refractivity contribution in [2.24, 2.45) is 0 Å². The number of benzene rings is 2. The predicted octanol–water partition coefficient (Wildman–Crippen LogP) is 5.47. The van der Waals surface area contributed by atoms with Crippen LogP contribution in [0.3, 0.4) is 0 Å². The van der Waals surface area contributed by atoms with Crippen LogP contribution in [0.25, 0.3) is 0 Å². The molecule has 3 aromatic rings. The summed E-state index contributed by atoms with van der Waals surface area (Å²) in [4.78, 5) is 2.75. The van der Waals surface area contributed by atoms with Crippen molar-refractivity contribution in [1.29, 1.82) is 0 Å². The van der Waals surface area contributed by atoms with E-state index in [0.717, 1.165) is 34.5 Å². The Kier molecular flexibility index (Phi) is 6.10. The third-order valence-corrected chi connectivity index (χ3v) is 6.98. The molecule has 0 aliphatic carbocycles. The second kappa shape index (κ2) is 8.28. The molecule has 2 aromatic carbocycles. The average molecular weight is 455 g/mol. The van der Waals surface area contributed by atoms with Gasteiger partial charge in [-0.2, -0.15) is 4.39 Å². The minimum Gasteiger partial charge on any atom is -0.245 e. The van der Waals surface area contributed by atoms with Crippen molar-refractivity contribution in [3.05, 3.63) is 87.3 Å². The number of rotatable bonds is 5. The second-order valence-electron chi connectivity index (χ2n) is 6.86. The summed E-state index contributed by atoms with van der Waals surface area (Å²) in [5, 5.41) is -0.614. The fourth-order valence-electron chi connectivity index (χ4n) is 2.90. The van der Waals surface area contributed by atoms with Crippen molar-refractivity contribution in [2.75, 3.05) is 4.31 Å². The first-order chi connectivity index (χ1) is 14.0. The molecule has 0 aliphatic rings. The number of hydrogen-bond acceptors (Lipinski definition) is 3. The van der Waals surface area contributed by atoms with Crippen molar-refractivity contribution >= 4 is 27.4 Å². The molecule has 1 heterocycles. The lowest BCUT2D eigenvalue weighted by atomic mass is 10.1. The van der Waals surface area contributed by atoms with Crippen LogP contribution >= 0.6 is 11.6 Å². The minimum atomic E-state index is -4.66. The number of aryl methyl sites for hydroxylation is 2. The fourth-order valence-corrected chi connectivity index (χ4v) is 4.95. The van der Waals surface area contributed by atoms with Gasteiger partial charge in [0.2, 0.25) is 5.95 Å². The highest BCUT2D eigenvalue weighted by atomic mass is 35.5. The van der Waals surface area contributed by atoms with E-state index >= 15 is 0 Å². The van der Waals surface area contributed by atoms with E-state index in [1.165, 1.54) is 12.1 Å². The molecule has 158 valence electrons. The summed E-state index contributed by atoms with van der Waals surface area (Å²) in [6, 6.07) is 9.64. The number of pyridine rings is 1. The Bertz CT molecular complexity index is 1230. The van der Waals surface area contributed by atoms with Gasteiger partial charge in [-0.15, -0.1) is 0 Å². The molecule has 0 saturated heterocycles. The molecule has 0 fully saturated rings. The molecule has 9 heteroatoms. The number of sulfonamides is 1. The molecule has 0 bridgehead atoms. The van der Waals surface area contributed by atoms with E-state index in [1.54, 1.807) is 12.1 Å². The van der Waals surface area contributed by atoms with Gasteiger partial charge in [-0.25, -0.2) is 26.5 Å². The Balaban J connectivity index is 2.21. The van der Waals surface area contributed by atoms with Gasteiger partial charge in [-0.3, -0.25) is 0 Å². The fraction of sp³-hybridized carbons (Fsp3) is 0.190. The van der Waals surface area contributed by atoms with Gasteiger partial charge < -0.3 is 0 Å². The maximum Gasteiger partial charge on any atom is 0.270 e. The van der Waals surface area contributed by atoms with Crippen molar-refractivity contribution in [2.45, 2.75) is 32.2 Å². The van der Waals surface area contributed by atoms with Crippen LogP contribution in [0.4, 0.5) is 19.0 Å². The quantitative estimate of drug-likeness (QED) is 0.480. The molecule has 0 unspecified atom stereocenters. The molecule has 0 spiro atoms. The summed E-state index contributed by atoms with van der Waals surface area (Å²) < 4.78 is 70.0. The Morgan fingerprint density at radius 3 is 2.33 bits per heavy atom. The molecule has 3 rings (SSSR count). The normalized spacial score (nSPS) is 11.6. The van der Waals surface area contributed by atoms with E-state index in [4.69, 9.17) is 11.6 Å². The van der Waals surface area contributed by atoms with Crippen molar-refractivity contribution in [1.82, 2.24) is 4.98 Å². The van der Waals surface area contributed by atoms with Crippen molar-refractivity contribution in [3.8, 4) is 0 Å². The number of anilines is 1. The van der Waals surface area contributed by atoms with E-state index in [1.807, 2.05) is 19.9 Å². The van der Waals surface area contributed by atoms with Crippen molar-refractivity contribution < 1.29 is 21.6 Å². The SMILES string of the molecule is Cc1ccc(CN(c2cccc(F)n2)S(=O)(=O)c2c(Cl)cc(F)c(C)c2F)cc1C. The highest BCUT2D eigenvalue weighted by Gasteiger charge is 2.33. The van der Waals surface area contributed by atoms with E-state index in [0.29, 0.717) is 5.56 Å². The maximum atomic E-state index is 14.8. The Hall–Kier alpha value is -2.58. The van der Waals surface area contributed by atoms with Crippen LogP contribution in [0.15, 0.2) is 47.4 Å². The number of nitrogens with zero attached hydrogens (tertiary/aromatic N) is 2. The monoisotopic (exact) mass is 454 g/mol. The van der Waals surface area contributed by atoms with Gasteiger partial charge in [0.05, 0.1) is 11.6 Å². The molecule has 0 saturated carbocycles. The van der Waals surface area contributed by atoms with Gasteiger partial charge in [-0.1, -0.05) is 35.9 Å². The summed E-state index contributed by atoms with van der Waals surface area (Å²) in [7, 11) is -4.66. The lowest BCUT2D eigenvalue weighted by Crippen LogP contribution is -2.32. The van der Waals surface area contributed by atoms with Gasteiger partial charge in [0.25, 0.3) is 10.0 Å². The van der Waals surface area contributed by atoms with Crippen LogP contribution in [-0.4, -0.2) is 13.4 Å². The third-order valence-electron chi connectivity index (χ3n) is 4.76. The number of aromatic nitrogens is 1. The summed E-state index contributed by atoms with van der Waals surface area (Å²) >= 11 is 5.92. The van der Waals surface area contributed by atoms with Gasteiger partial charge >= 0.3 is 0 Å². The average Bonchev–Trinajstić information content (AvgIpc) is 2.66. The van der Waals surface area contributed by atoms with Gasteiger partial charge in [0.15, 0.2) is 5.82 Å². The van der Waals surface area contributed by atoms with Crippen LogP contribution < -0.4 is 4.31 Å². The van der Waals surface area contributed by atoms with Crippen LogP contribution in [0.1, 0.15) is 22.3 Å². The smallest absolute Gasteiger partial charge is 0.245 e. The van der Waals surface area contributed by atoms with Gasteiger partial charge in [-0.05, 0) is 55.7 Å². The second-order valence-corrected chi connectivity index (χ2v) is 9.06. The van der Waals surface area contributed by atoms with Crippen LogP contribution in [0, 0.1) is 38.4 Å². The predicted molar refractivity (Wildman–Crippen MR) is 110 cm³/mol. The molecule has 0 amide bonds. The van der Waals surface area contributed by atoms with Crippen LogP contribution in [0.5, 0.6) is 0 Å². The summed E-state index contributed by atoms with van der Waals surface area (Å²) in [5.74, 6) is -3.44. The van der Waals surface area contributed by atoms with Crippen LogP contribution in [-0.2, 0) is 16.6 Å². The lowest BCUT2D eigenvalue weighted by molar-refractivity contribution is 0.536.